The summed E-state index contributed by atoms with van der Waals surface area (Å²) in [7, 11) is 0. The van der Waals surface area contributed by atoms with Gasteiger partial charge in [-0.2, -0.15) is 0 Å². The highest BCUT2D eigenvalue weighted by Crippen LogP contribution is 2.17. The molecule has 0 saturated heterocycles. The van der Waals surface area contributed by atoms with Crippen LogP contribution in [0.4, 0.5) is 4.39 Å². The first-order valence-electron chi connectivity index (χ1n) is 5.76. The van der Waals surface area contributed by atoms with Gasteiger partial charge in [0.25, 0.3) is 0 Å². The lowest BCUT2D eigenvalue weighted by Crippen LogP contribution is -2.32. The quantitative estimate of drug-likeness (QED) is 0.876. The SMILES string of the molecule is CC(C)CN(CC(=O)O)Cc1ccc(Br)c(F)c1. The standard InChI is InChI=1S/C13H17BrFNO2/c1-9(2)6-16(8-13(17)18)7-10-3-4-11(14)12(15)5-10/h3-5,9H,6-8H2,1-2H3,(H,17,18). The number of carbonyl (C=O) groups is 1. The molecule has 1 aromatic carbocycles. The predicted molar refractivity (Wildman–Crippen MR) is 71.9 cm³/mol. The van der Waals surface area contributed by atoms with Gasteiger partial charge in [-0.25, -0.2) is 4.39 Å². The van der Waals surface area contributed by atoms with Gasteiger partial charge in [0.2, 0.25) is 0 Å². The van der Waals surface area contributed by atoms with E-state index in [1.807, 2.05) is 13.8 Å². The summed E-state index contributed by atoms with van der Waals surface area (Å²) in [6.45, 7) is 5.13. The zero-order chi connectivity index (χ0) is 13.7. The molecule has 0 bridgehead atoms. The lowest BCUT2D eigenvalue weighted by Gasteiger charge is -2.22. The van der Waals surface area contributed by atoms with Gasteiger partial charge in [0.15, 0.2) is 0 Å². The monoisotopic (exact) mass is 317 g/mol. The topological polar surface area (TPSA) is 40.5 Å². The maximum absolute atomic E-state index is 13.4. The zero-order valence-electron chi connectivity index (χ0n) is 10.5. The number of carboxylic acid groups (broad SMARTS) is 1. The van der Waals surface area contributed by atoms with Gasteiger partial charge in [0.05, 0.1) is 11.0 Å². The van der Waals surface area contributed by atoms with Gasteiger partial charge in [-0.3, -0.25) is 9.69 Å². The fourth-order valence-electron chi connectivity index (χ4n) is 1.79. The number of benzene rings is 1. The second-order valence-corrected chi connectivity index (χ2v) is 5.56. The van der Waals surface area contributed by atoms with Crippen molar-refractivity contribution in [3.63, 3.8) is 0 Å². The largest absolute Gasteiger partial charge is 0.480 e. The summed E-state index contributed by atoms with van der Waals surface area (Å²) in [5, 5.41) is 8.85. The average molecular weight is 318 g/mol. The van der Waals surface area contributed by atoms with Crippen molar-refractivity contribution in [2.45, 2.75) is 20.4 Å². The van der Waals surface area contributed by atoms with Crippen molar-refractivity contribution in [2.24, 2.45) is 5.92 Å². The van der Waals surface area contributed by atoms with E-state index in [2.05, 4.69) is 15.9 Å². The van der Waals surface area contributed by atoms with E-state index in [4.69, 9.17) is 5.11 Å². The lowest BCUT2D eigenvalue weighted by molar-refractivity contribution is -0.138. The van der Waals surface area contributed by atoms with E-state index in [1.165, 1.54) is 6.07 Å². The molecule has 1 aromatic rings. The lowest BCUT2D eigenvalue weighted by atomic mass is 10.1. The van der Waals surface area contributed by atoms with Crippen molar-refractivity contribution in [1.82, 2.24) is 4.90 Å². The first kappa shape index (κ1) is 15.1. The fourth-order valence-corrected chi connectivity index (χ4v) is 2.04. The van der Waals surface area contributed by atoms with Crippen LogP contribution in [0.5, 0.6) is 0 Å². The third-order valence-electron chi connectivity index (χ3n) is 2.37. The van der Waals surface area contributed by atoms with Crippen LogP contribution in [0.3, 0.4) is 0 Å². The van der Waals surface area contributed by atoms with Crippen molar-refractivity contribution in [3.05, 3.63) is 34.1 Å². The molecule has 0 unspecified atom stereocenters. The molecular weight excluding hydrogens is 301 g/mol. The van der Waals surface area contributed by atoms with Crippen molar-refractivity contribution in [2.75, 3.05) is 13.1 Å². The Bertz CT molecular complexity index is 423. The minimum atomic E-state index is -0.867. The van der Waals surface area contributed by atoms with Gasteiger partial charge >= 0.3 is 5.97 Å². The molecule has 0 spiro atoms. The molecule has 0 amide bonds. The molecule has 100 valence electrons. The Hall–Kier alpha value is -0.940. The Balaban J connectivity index is 2.74. The van der Waals surface area contributed by atoms with E-state index in [1.54, 1.807) is 17.0 Å². The molecule has 0 aliphatic rings. The van der Waals surface area contributed by atoms with Gasteiger partial charge < -0.3 is 5.11 Å². The predicted octanol–water partition coefficient (Wildman–Crippen LogP) is 3.13. The van der Waals surface area contributed by atoms with Crippen LogP contribution in [0.15, 0.2) is 22.7 Å². The maximum Gasteiger partial charge on any atom is 0.317 e. The molecule has 1 rings (SSSR count). The average Bonchev–Trinajstić information content (AvgIpc) is 2.21. The van der Waals surface area contributed by atoms with Crippen LogP contribution in [0, 0.1) is 11.7 Å². The third kappa shape index (κ3) is 5.14. The molecule has 5 heteroatoms. The molecule has 0 aliphatic carbocycles. The molecule has 1 N–H and O–H groups in total. The summed E-state index contributed by atoms with van der Waals surface area (Å²) in [5.74, 6) is -0.829. The second kappa shape index (κ2) is 6.85. The summed E-state index contributed by atoms with van der Waals surface area (Å²) in [5.41, 5.74) is 0.776. The maximum atomic E-state index is 13.4. The van der Waals surface area contributed by atoms with Gasteiger partial charge in [0, 0.05) is 13.1 Å². The van der Waals surface area contributed by atoms with E-state index in [9.17, 15) is 9.18 Å². The number of hydrogen-bond donors (Lipinski definition) is 1. The van der Waals surface area contributed by atoms with Gasteiger partial charge in [-0.1, -0.05) is 19.9 Å². The van der Waals surface area contributed by atoms with E-state index in [0.717, 1.165) is 5.56 Å². The molecule has 0 saturated carbocycles. The van der Waals surface area contributed by atoms with E-state index >= 15 is 0 Å². The van der Waals surface area contributed by atoms with Crippen LogP contribution in [0.2, 0.25) is 0 Å². The minimum absolute atomic E-state index is 0.0319. The Labute approximate surface area is 115 Å². The molecular formula is C13H17BrFNO2. The fraction of sp³-hybridized carbons (Fsp3) is 0.462. The Kier molecular flexibility index (Phi) is 5.75. The molecule has 0 radical (unpaired) electrons. The highest BCUT2D eigenvalue weighted by atomic mass is 79.9. The van der Waals surface area contributed by atoms with E-state index < -0.39 is 5.97 Å². The van der Waals surface area contributed by atoms with Crippen LogP contribution in [-0.4, -0.2) is 29.1 Å². The molecule has 3 nitrogen and oxygen atoms in total. The molecule has 0 fully saturated rings. The Morgan fingerprint density at radius 3 is 2.67 bits per heavy atom. The van der Waals surface area contributed by atoms with Gasteiger partial charge in [-0.15, -0.1) is 0 Å². The van der Waals surface area contributed by atoms with Gasteiger partial charge in [-0.05, 0) is 39.5 Å². The normalized spacial score (nSPS) is 11.2. The number of carboxylic acids is 1. The highest BCUT2D eigenvalue weighted by molar-refractivity contribution is 9.10. The van der Waals surface area contributed by atoms with Crippen LogP contribution in [0.1, 0.15) is 19.4 Å². The molecule has 0 aromatic heterocycles. The van der Waals surface area contributed by atoms with E-state index in [-0.39, 0.29) is 12.4 Å². The van der Waals surface area contributed by atoms with Gasteiger partial charge in [0.1, 0.15) is 5.82 Å². The van der Waals surface area contributed by atoms with Crippen molar-refractivity contribution < 1.29 is 14.3 Å². The Morgan fingerprint density at radius 1 is 1.50 bits per heavy atom. The summed E-state index contributed by atoms with van der Waals surface area (Å²) in [4.78, 5) is 12.6. The minimum Gasteiger partial charge on any atom is -0.480 e. The summed E-state index contributed by atoms with van der Waals surface area (Å²) < 4.78 is 13.8. The summed E-state index contributed by atoms with van der Waals surface area (Å²) >= 11 is 3.09. The molecule has 18 heavy (non-hydrogen) atoms. The van der Waals surface area contributed by atoms with Crippen molar-refractivity contribution in [3.8, 4) is 0 Å². The van der Waals surface area contributed by atoms with E-state index in [0.29, 0.717) is 23.5 Å². The first-order chi connectivity index (χ1) is 8.38. The number of nitrogens with zero attached hydrogens (tertiary/aromatic N) is 1. The van der Waals surface area contributed by atoms with Crippen molar-refractivity contribution >= 4 is 21.9 Å². The number of rotatable bonds is 6. The molecule has 0 aliphatic heterocycles. The Morgan fingerprint density at radius 2 is 2.17 bits per heavy atom. The van der Waals surface area contributed by atoms with Crippen LogP contribution >= 0.6 is 15.9 Å². The van der Waals surface area contributed by atoms with Crippen LogP contribution < -0.4 is 0 Å². The highest BCUT2D eigenvalue weighted by Gasteiger charge is 2.12. The first-order valence-corrected chi connectivity index (χ1v) is 6.56. The summed E-state index contributed by atoms with van der Waals surface area (Å²) in [6, 6.07) is 4.86. The molecule has 0 heterocycles. The van der Waals surface area contributed by atoms with Crippen molar-refractivity contribution in [1.29, 1.82) is 0 Å². The number of hydrogen-bond acceptors (Lipinski definition) is 2. The number of aliphatic carboxylic acids is 1. The van der Waals surface area contributed by atoms with Crippen LogP contribution in [0.25, 0.3) is 0 Å². The summed E-state index contributed by atoms with van der Waals surface area (Å²) in [6.07, 6.45) is 0. The van der Waals surface area contributed by atoms with Crippen LogP contribution in [-0.2, 0) is 11.3 Å². The second-order valence-electron chi connectivity index (χ2n) is 4.71. The smallest absolute Gasteiger partial charge is 0.317 e. The third-order valence-corrected chi connectivity index (χ3v) is 3.02. The molecule has 0 atom stereocenters. The zero-order valence-corrected chi connectivity index (χ0v) is 12.1. The number of halogens is 2.